The Morgan fingerprint density at radius 3 is 2.62 bits per heavy atom. The number of carbonyl (C=O) groups is 2. The molecule has 144 valence electrons. The standard InChI is InChI=1S/C18H26ClN3O4/c1-12-8-22(9-13(2)26-12)11-18(24)21(3)10-17(23)20-15-7-14(19)5-6-16(15)25-4/h5-7,12-13H,8-11H2,1-4H3,(H,20,23)/t12-,13-/m0/s1. The molecule has 1 heterocycles. The molecule has 1 aromatic carbocycles. The highest BCUT2D eigenvalue weighted by atomic mass is 35.5. The van der Waals surface area contributed by atoms with Crippen LogP contribution in [0.3, 0.4) is 0 Å². The number of nitrogens with zero attached hydrogens (tertiary/aromatic N) is 2. The number of hydrogen-bond acceptors (Lipinski definition) is 5. The molecule has 1 aliphatic heterocycles. The number of anilines is 1. The highest BCUT2D eigenvalue weighted by Gasteiger charge is 2.25. The molecule has 0 aromatic heterocycles. The van der Waals surface area contributed by atoms with Gasteiger partial charge in [0.25, 0.3) is 0 Å². The molecule has 2 amide bonds. The smallest absolute Gasteiger partial charge is 0.244 e. The van der Waals surface area contributed by atoms with Crippen LogP contribution in [0.5, 0.6) is 5.75 Å². The molecule has 2 rings (SSSR count). The van der Waals surface area contributed by atoms with E-state index in [0.29, 0.717) is 29.5 Å². The van der Waals surface area contributed by atoms with E-state index >= 15 is 0 Å². The van der Waals surface area contributed by atoms with Crippen LogP contribution < -0.4 is 10.1 Å². The largest absolute Gasteiger partial charge is 0.495 e. The van der Waals surface area contributed by atoms with Gasteiger partial charge in [-0.1, -0.05) is 11.6 Å². The van der Waals surface area contributed by atoms with E-state index in [0.717, 1.165) is 0 Å². The molecule has 1 aliphatic rings. The van der Waals surface area contributed by atoms with Crippen molar-refractivity contribution in [2.75, 3.05) is 45.7 Å². The first-order chi connectivity index (χ1) is 12.3. The molecule has 0 radical (unpaired) electrons. The van der Waals surface area contributed by atoms with Crippen molar-refractivity contribution in [3.63, 3.8) is 0 Å². The van der Waals surface area contributed by atoms with Gasteiger partial charge in [0.2, 0.25) is 11.8 Å². The molecule has 0 bridgehead atoms. The average Bonchev–Trinajstić information content (AvgIpc) is 2.53. The fourth-order valence-corrected chi connectivity index (χ4v) is 3.17. The van der Waals surface area contributed by atoms with Crippen molar-refractivity contribution < 1.29 is 19.1 Å². The van der Waals surface area contributed by atoms with Crippen LogP contribution in [-0.4, -0.2) is 74.2 Å². The number of carbonyl (C=O) groups excluding carboxylic acids is 2. The lowest BCUT2D eigenvalue weighted by Gasteiger charge is -2.35. The van der Waals surface area contributed by atoms with Crippen LogP contribution in [0.1, 0.15) is 13.8 Å². The van der Waals surface area contributed by atoms with Crippen LogP contribution in [-0.2, 0) is 14.3 Å². The van der Waals surface area contributed by atoms with E-state index in [2.05, 4.69) is 10.2 Å². The van der Waals surface area contributed by atoms with Crippen molar-refractivity contribution >= 4 is 29.1 Å². The van der Waals surface area contributed by atoms with E-state index in [1.807, 2.05) is 13.8 Å². The highest BCUT2D eigenvalue weighted by Crippen LogP contribution is 2.27. The van der Waals surface area contributed by atoms with Crippen molar-refractivity contribution in [3.8, 4) is 5.75 Å². The summed E-state index contributed by atoms with van der Waals surface area (Å²) < 4.78 is 10.9. The summed E-state index contributed by atoms with van der Waals surface area (Å²) in [5.74, 6) is 0.0812. The quantitative estimate of drug-likeness (QED) is 0.811. The minimum Gasteiger partial charge on any atom is -0.495 e. The topological polar surface area (TPSA) is 71.1 Å². The molecular formula is C18H26ClN3O4. The Morgan fingerprint density at radius 1 is 1.35 bits per heavy atom. The molecular weight excluding hydrogens is 358 g/mol. The first-order valence-corrected chi connectivity index (χ1v) is 8.91. The van der Waals surface area contributed by atoms with Crippen molar-refractivity contribution in [1.29, 1.82) is 0 Å². The van der Waals surface area contributed by atoms with Crippen LogP contribution in [0, 0.1) is 0 Å². The second-order valence-corrected chi connectivity index (χ2v) is 7.03. The summed E-state index contributed by atoms with van der Waals surface area (Å²) in [5, 5.41) is 3.22. The number of halogens is 1. The predicted octanol–water partition coefficient (Wildman–Crippen LogP) is 1.85. The number of hydrogen-bond donors (Lipinski definition) is 1. The molecule has 1 saturated heterocycles. The van der Waals surface area contributed by atoms with Gasteiger partial charge in [-0.2, -0.15) is 0 Å². The summed E-state index contributed by atoms with van der Waals surface area (Å²) in [6, 6.07) is 4.96. The van der Waals surface area contributed by atoms with Crippen molar-refractivity contribution in [3.05, 3.63) is 23.2 Å². The number of methoxy groups -OCH3 is 1. The fourth-order valence-electron chi connectivity index (χ4n) is 3.00. The molecule has 0 aliphatic carbocycles. The average molecular weight is 384 g/mol. The minimum absolute atomic E-state index is 0.0516. The molecule has 8 heteroatoms. The molecule has 0 unspecified atom stereocenters. The third kappa shape index (κ3) is 5.86. The third-order valence-electron chi connectivity index (χ3n) is 4.10. The summed E-state index contributed by atoms with van der Waals surface area (Å²) in [4.78, 5) is 28.1. The van der Waals surface area contributed by atoms with Crippen LogP contribution in [0.2, 0.25) is 5.02 Å². The van der Waals surface area contributed by atoms with Gasteiger partial charge >= 0.3 is 0 Å². The van der Waals surface area contributed by atoms with E-state index in [-0.39, 0.29) is 37.1 Å². The number of morpholine rings is 1. The SMILES string of the molecule is COc1ccc(Cl)cc1NC(=O)CN(C)C(=O)CN1C[C@H](C)O[C@@H](C)C1. The van der Waals surface area contributed by atoms with E-state index in [1.54, 1.807) is 25.2 Å². The van der Waals surface area contributed by atoms with E-state index in [4.69, 9.17) is 21.1 Å². The molecule has 26 heavy (non-hydrogen) atoms. The Labute approximate surface area is 159 Å². The molecule has 0 spiro atoms. The van der Waals surface area contributed by atoms with Gasteiger partial charge in [-0.05, 0) is 32.0 Å². The maximum Gasteiger partial charge on any atom is 0.244 e. The number of likely N-dealkylation sites (N-methyl/N-ethyl adjacent to an activating group) is 1. The number of amides is 2. The number of ether oxygens (including phenoxy) is 2. The fraction of sp³-hybridized carbons (Fsp3) is 0.556. The van der Waals surface area contributed by atoms with Crippen LogP contribution in [0.4, 0.5) is 5.69 Å². The maximum atomic E-state index is 12.4. The third-order valence-corrected chi connectivity index (χ3v) is 4.33. The summed E-state index contributed by atoms with van der Waals surface area (Å²) in [6.45, 7) is 5.60. The number of rotatable bonds is 6. The summed E-state index contributed by atoms with van der Waals surface area (Å²) >= 11 is 5.96. The van der Waals surface area contributed by atoms with E-state index in [1.165, 1.54) is 12.0 Å². The predicted molar refractivity (Wildman–Crippen MR) is 101 cm³/mol. The van der Waals surface area contributed by atoms with Crippen molar-refractivity contribution in [1.82, 2.24) is 9.80 Å². The van der Waals surface area contributed by atoms with Gasteiger partial charge in [-0.25, -0.2) is 0 Å². The lowest BCUT2D eigenvalue weighted by Crippen LogP contribution is -2.50. The van der Waals surface area contributed by atoms with E-state index < -0.39 is 0 Å². The zero-order chi connectivity index (χ0) is 19.3. The van der Waals surface area contributed by atoms with Crippen molar-refractivity contribution in [2.24, 2.45) is 0 Å². The Kier molecular flexibility index (Phi) is 7.25. The lowest BCUT2D eigenvalue weighted by molar-refractivity contribution is -0.137. The molecule has 2 atom stereocenters. The van der Waals surface area contributed by atoms with Gasteiger partial charge in [0.15, 0.2) is 0 Å². The molecule has 1 aromatic rings. The molecule has 1 fully saturated rings. The summed E-state index contributed by atoms with van der Waals surface area (Å²) in [7, 11) is 3.13. The number of benzene rings is 1. The Bertz CT molecular complexity index is 645. The first kappa shape index (κ1) is 20.5. The van der Waals surface area contributed by atoms with Gasteiger partial charge < -0.3 is 19.7 Å². The van der Waals surface area contributed by atoms with Crippen LogP contribution >= 0.6 is 11.6 Å². The Hall–Kier alpha value is -1.83. The lowest BCUT2D eigenvalue weighted by atomic mass is 10.2. The van der Waals surface area contributed by atoms with E-state index in [9.17, 15) is 9.59 Å². The van der Waals surface area contributed by atoms with Gasteiger partial charge in [0.1, 0.15) is 5.75 Å². The van der Waals surface area contributed by atoms with Gasteiger partial charge in [0.05, 0.1) is 38.1 Å². The monoisotopic (exact) mass is 383 g/mol. The van der Waals surface area contributed by atoms with Crippen molar-refractivity contribution in [2.45, 2.75) is 26.1 Å². The van der Waals surface area contributed by atoms with Crippen LogP contribution in [0.15, 0.2) is 18.2 Å². The minimum atomic E-state index is -0.315. The Morgan fingerprint density at radius 2 is 2.00 bits per heavy atom. The zero-order valence-electron chi connectivity index (χ0n) is 15.6. The second-order valence-electron chi connectivity index (χ2n) is 6.59. The van der Waals surface area contributed by atoms with Gasteiger partial charge in [-0.15, -0.1) is 0 Å². The summed E-state index contributed by atoms with van der Waals surface area (Å²) in [5.41, 5.74) is 0.474. The van der Waals surface area contributed by atoms with Crippen LogP contribution in [0.25, 0.3) is 0 Å². The normalized spacial score (nSPS) is 20.5. The molecule has 1 N–H and O–H groups in total. The highest BCUT2D eigenvalue weighted by molar-refractivity contribution is 6.31. The maximum absolute atomic E-state index is 12.4. The first-order valence-electron chi connectivity index (χ1n) is 8.53. The molecule has 0 saturated carbocycles. The number of nitrogens with one attached hydrogen (secondary N) is 1. The zero-order valence-corrected chi connectivity index (χ0v) is 16.4. The summed E-state index contributed by atoms with van der Waals surface area (Å²) in [6.07, 6.45) is 0.186. The van der Waals surface area contributed by atoms with Gasteiger partial charge in [0, 0.05) is 25.2 Å². The Balaban J connectivity index is 1.88. The second kappa shape index (κ2) is 9.21. The molecule has 7 nitrogen and oxygen atoms in total. The van der Waals surface area contributed by atoms with Gasteiger partial charge in [-0.3, -0.25) is 14.5 Å².